The van der Waals surface area contributed by atoms with Crippen molar-refractivity contribution in [3.63, 3.8) is 0 Å². The van der Waals surface area contributed by atoms with Crippen LogP contribution < -0.4 is 14.5 Å². The number of anilines is 2. The highest BCUT2D eigenvalue weighted by atomic mass is 32.2. The van der Waals surface area contributed by atoms with Crippen LogP contribution in [0.2, 0.25) is 0 Å². The second-order valence-corrected chi connectivity index (χ2v) is 12.7. The van der Waals surface area contributed by atoms with E-state index in [9.17, 15) is 22.5 Å². The molecule has 5 aromatic rings. The summed E-state index contributed by atoms with van der Waals surface area (Å²) in [5.41, 5.74) is -0.356. The van der Waals surface area contributed by atoms with Crippen LogP contribution in [0.15, 0.2) is 47.8 Å². The number of nitriles is 1. The maximum Gasteiger partial charge on any atom is 0.291 e. The first-order valence-corrected chi connectivity index (χ1v) is 15.2. The maximum absolute atomic E-state index is 13.5. The second kappa shape index (κ2) is 9.86. The van der Waals surface area contributed by atoms with Crippen molar-refractivity contribution in [2.45, 2.75) is 29.7 Å². The van der Waals surface area contributed by atoms with Crippen LogP contribution in [0.3, 0.4) is 0 Å². The summed E-state index contributed by atoms with van der Waals surface area (Å²) < 4.78 is 57.5. The van der Waals surface area contributed by atoms with E-state index in [0.717, 1.165) is 5.82 Å². The molecule has 2 aliphatic rings. The molecule has 0 bridgehead atoms. The van der Waals surface area contributed by atoms with Gasteiger partial charge < -0.3 is 9.80 Å². The summed E-state index contributed by atoms with van der Waals surface area (Å²) in [7, 11) is -4.07. The predicted molar refractivity (Wildman–Crippen MR) is 149 cm³/mol. The molecule has 1 saturated heterocycles. The number of fused-ring (bicyclic) bond motifs is 3. The van der Waals surface area contributed by atoms with Gasteiger partial charge in [-0.15, -0.1) is 15.3 Å². The lowest BCUT2D eigenvalue weighted by Crippen LogP contribution is -2.47. The molecule has 1 aliphatic carbocycles. The number of alkyl halides is 2. The minimum atomic E-state index is -4.07. The molecule has 0 amide bonds. The third kappa shape index (κ3) is 4.47. The number of sulfonamides is 1. The maximum atomic E-state index is 13.5. The van der Waals surface area contributed by atoms with Crippen molar-refractivity contribution in [3.05, 3.63) is 47.9 Å². The Morgan fingerprint density at radius 2 is 1.83 bits per heavy atom. The average molecular weight is 610 g/mol. The fourth-order valence-corrected chi connectivity index (χ4v) is 7.20. The summed E-state index contributed by atoms with van der Waals surface area (Å²) >= 11 is 0.694. The van der Waals surface area contributed by atoms with Crippen molar-refractivity contribution in [1.29, 1.82) is 5.26 Å². The van der Waals surface area contributed by atoms with Gasteiger partial charge in [0.1, 0.15) is 17.7 Å². The zero-order valence-electron chi connectivity index (χ0n) is 21.7. The Morgan fingerprint density at radius 1 is 1.05 bits per heavy atom. The van der Waals surface area contributed by atoms with E-state index < -0.39 is 27.0 Å². The molecule has 1 saturated carbocycles. The normalized spacial score (nSPS) is 16.8. The van der Waals surface area contributed by atoms with Crippen molar-refractivity contribution in [3.8, 4) is 11.2 Å². The number of halogens is 2. The Morgan fingerprint density at radius 3 is 2.50 bits per heavy atom. The van der Waals surface area contributed by atoms with Crippen LogP contribution in [0.1, 0.15) is 24.3 Å². The van der Waals surface area contributed by atoms with Gasteiger partial charge in [-0.05, 0) is 37.1 Å². The Labute approximate surface area is 241 Å². The van der Waals surface area contributed by atoms with Crippen molar-refractivity contribution >= 4 is 54.9 Å². The van der Waals surface area contributed by atoms with Crippen LogP contribution in [-0.4, -0.2) is 75.1 Å². The van der Waals surface area contributed by atoms with Crippen molar-refractivity contribution in [2.75, 3.05) is 36.0 Å². The number of aromatic nitrogens is 7. The van der Waals surface area contributed by atoms with Crippen molar-refractivity contribution in [1.82, 2.24) is 39.7 Å². The van der Waals surface area contributed by atoms with Crippen molar-refractivity contribution in [2.24, 2.45) is 0 Å². The first kappa shape index (κ1) is 26.5. The van der Waals surface area contributed by atoms with Crippen LogP contribution in [-0.2, 0) is 10.0 Å². The SMILES string of the molecule is N#CC1(NS(=O)(=O)c2ccc3c4c(N5CCN(c6cccnn6)CC5)ncnc4n(-c4nnc(C(F)F)s4)c3c2)CC1. The lowest BCUT2D eigenvalue weighted by atomic mass is 10.2. The number of hydrogen-bond donors (Lipinski definition) is 1. The Kier molecular flexibility index (Phi) is 6.22. The molecule has 214 valence electrons. The number of piperazine rings is 1. The molecule has 1 aromatic carbocycles. The highest BCUT2D eigenvalue weighted by molar-refractivity contribution is 7.89. The summed E-state index contributed by atoms with van der Waals surface area (Å²) in [6.07, 6.45) is 1.04. The minimum Gasteiger partial charge on any atom is -0.352 e. The summed E-state index contributed by atoms with van der Waals surface area (Å²) in [6.45, 7) is 2.53. The van der Waals surface area contributed by atoms with Crippen molar-refractivity contribution < 1.29 is 17.2 Å². The fraction of sp³-hybridized carbons (Fsp3) is 0.320. The Hall–Kier alpha value is -4.40. The van der Waals surface area contributed by atoms with E-state index in [1.807, 2.05) is 18.2 Å². The Bertz CT molecular complexity index is 1960. The molecular weight excluding hydrogens is 588 g/mol. The molecule has 2 fully saturated rings. The standard InChI is InChI=1S/C25H21F2N11O2S2/c26-20(27)23-33-34-24(41-23)38-17-12-15(42(39,40)35-25(13-28)5-6-25)3-4-16(17)19-21(29-14-30-22(19)38)37-10-8-36(9-11-37)18-2-1-7-31-32-18/h1-4,7,12,14,20,35H,5-6,8-11H2. The average Bonchev–Trinajstić information content (AvgIpc) is 3.44. The molecule has 0 atom stereocenters. The minimum absolute atomic E-state index is 0.0775. The van der Waals surface area contributed by atoms with Gasteiger partial charge >= 0.3 is 0 Å². The number of benzene rings is 1. The van der Waals surface area contributed by atoms with E-state index in [2.05, 4.69) is 44.9 Å². The van der Waals surface area contributed by atoms with Crippen LogP contribution in [0.5, 0.6) is 0 Å². The van der Waals surface area contributed by atoms with Gasteiger partial charge in [0, 0.05) is 37.8 Å². The third-order valence-corrected chi connectivity index (χ3v) is 9.82. The van der Waals surface area contributed by atoms with Gasteiger partial charge in [0.25, 0.3) is 6.43 Å². The van der Waals surface area contributed by atoms with E-state index in [1.165, 1.54) is 23.0 Å². The zero-order valence-corrected chi connectivity index (χ0v) is 23.4. The topological polar surface area (TPSA) is 159 Å². The number of nitrogens with one attached hydrogen (secondary N) is 1. The van der Waals surface area contributed by atoms with Gasteiger partial charge in [0.15, 0.2) is 16.5 Å². The monoisotopic (exact) mass is 609 g/mol. The summed E-state index contributed by atoms with van der Waals surface area (Å²) in [6, 6.07) is 10.3. The van der Waals surface area contributed by atoms with E-state index >= 15 is 0 Å². The molecule has 42 heavy (non-hydrogen) atoms. The molecule has 0 unspecified atom stereocenters. The largest absolute Gasteiger partial charge is 0.352 e. The van der Waals surface area contributed by atoms with Crippen LogP contribution in [0.25, 0.3) is 27.1 Å². The van der Waals surface area contributed by atoms with Gasteiger partial charge in [-0.2, -0.15) is 15.1 Å². The van der Waals surface area contributed by atoms with Gasteiger partial charge in [-0.1, -0.05) is 17.4 Å². The molecule has 13 nitrogen and oxygen atoms in total. The summed E-state index contributed by atoms with van der Waals surface area (Å²) in [5, 5.41) is 26.1. The highest BCUT2D eigenvalue weighted by Crippen LogP contribution is 2.40. The summed E-state index contributed by atoms with van der Waals surface area (Å²) in [4.78, 5) is 13.2. The second-order valence-electron chi connectivity index (χ2n) is 9.99. The summed E-state index contributed by atoms with van der Waals surface area (Å²) in [5.74, 6) is 1.40. The van der Waals surface area contributed by atoms with Gasteiger partial charge in [0.05, 0.1) is 21.9 Å². The molecule has 4 aromatic heterocycles. The number of hydrogen-bond acceptors (Lipinski definition) is 12. The van der Waals surface area contributed by atoms with E-state index in [4.69, 9.17) is 0 Å². The smallest absolute Gasteiger partial charge is 0.291 e. The predicted octanol–water partition coefficient (Wildman–Crippen LogP) is 2.81. The molecule has 0 radical (unpaired) electrons. The fourth-order valence-electron chi connectivity index (χ4n) is 5.09. The first-order chi connectivity index (χ1) is 20.3. The molecule has 17 heteroatoms. The third-order valence-electron chi connectivity index (χ3n) is 7.37. The van der Waals surface area contributed by atoms with Crippen LogP contribution in [0, 0.1) is 11.3 Å². The molecule has 7 rings (SSSR count). The van der Waals surface area contributed by atoms with Gasteiger partial charge in [-0.25, -0.2) is 27.2 Å². The van der Waals surface area contributed by atoms with Gasteiger partial charge in [0.2, 0.25) is 15.2 Å². The van der Waals surface area contributed by atoms with Crippen LogP contribution >= 0.6 is 11.3 Å². The van der Waals surface area contributed by atoms with Gasteiger partial charge in [-0.3, -0.25) is 4.57 Å². The highest BCUT2D eigenvalue weighted by Gasteiger charge is 2.47. The lowest BCUT2D eigenvalue weighted by Gasteiger charge is -2.36. The molecule has 5 heterocycles. The van der Waals surface area contributed by atoms with Crippen LogP contribution in [0.4, 0.5) is 20.4 Å². The number of nitrogens with zero attached hydrogens (tertiary/aromatic N) is 10. The lowest BCUT2D eigenvalue weighted by molar-refractivity contribution is 0.150. The molecule has 0 spiro atoms. The zero-order chi connectivity index (χ0) is 29.1. The quantitative estimate of drug-likeness (QED) is 0.289. The van der Waals surface area contributed by atoms with E-state index in [0.29, 0.717) is 78.1 Å². The number of rotatable bonds is 7. The molecular formula is C25H21F2N11O2S2. The van der Waals surface area contributed by atoms with E-state index in [1.54, 1.807) is 12.3 Å². The van der Waals surface area contributed by atoms with E-state index in [-0.39, 0.29) is 10.0 Å². The molecule has 1 N–H and O–H groups in total. The Balaban J connectivity index is 1.35. The molecule has 1 aliphatic heterocycles. The first-order valence-electron chi connectivity index (χ1n) is 12.9.